The average Bonchev–Trinajstić information content (AvgIpc) is 2.45. The van der Waals surface area contributed by atoms with Crippen molar-refractivity contribution in [2.75, 3.05) is 0 Å². The van der Waals surface area contributed by atoms with E-state index in [2.05, 4.69) is 33.8 Å². The molecule has 1 aliphatic carbocycles. The molecule has 1 N–H and O–H groups in total. The Hall–Kier alpha value is -0.300. The minimum Gasteiger partial charge on any atom is -0.389 e. The summed E-state index contributed by atoms with van der Waals surface area (Å²) in [5.41, 5.74) is 1.73. The van der Waals surface area contributed by atoms with Crippen LogP contribution in [0.25, 0.3) is 0 Å². The molecule has 0 bridgehead atoms. The molecule has 2 atom stereocenters. The monoisotopic (exact) mass is 294 g/mol. The zero-order valence-corrected chi connectivity index (χ0v) is 15.0. The van der Waals surface area contributed by atoms with Crippen LogP contribution >= 0.6 is 0 Å². The van der Waals surface area contributed by atoms with Crippen LogP contribution < -0.4 is 0 Å². The van der Waals surface area contributed by atoms with Crippen LogP contribution in [0, 0.1) is 11.3 Å². The van der Waals surface area contributed by atoms with Crippen LogP contribution in [0.2, 0.25) is 0 Å². The number of hydrogen-bond donors (Lipinski definition) is 1. The van der Waals surface area contributed by atoms with Crippen LogP contribution in [0.5, 0.6) is 0 Å². The summed E-state index contributed by atoms with van der Waals surface area (Å²) in [6.07, 6.45) is 16.0. The van der Waals surface area contributed by atoms with E-state index in [-0.39, 0.29) is 6.10 Å². The highest BCUT2D eigenvalue weighted by Crippen LogP contribution is 2.38. The van der Waals surface area contributed by atoms with Gasteiger partial charge in [0, 0.05) is 0 Å². The molecule has 2 unspecified atom stereocenters. The molecule has 21 heavy (non-hydrogen) atoms. The molecule has 0 spiro atoms. The molecular weight excluding hydrogens is 256 g/mol. The second-order valence-corrected chi connectivity index (χ2v) is 8.04. The van der Waals surface area contributed by atoms with Crippen molar-refractivity contribution in [3.05, 3.63) is 11.6 Å². The van der Waals surface area contributed by atoms with Crippen LogP contribution in [0.3, 0.4) is 0 Å². The van der Waals surface area contributed by atoms with Crippen molar-refractivity contribution >= 4 is 0 Å². The van der Waals surface area contributed by atoms with Gasteiger partial charge < -0.3 is 5.11 Å². The fourth-order valence-electron chi connectivity index (χ4n) is 3.42. The molecule has 0 aromatic heterocycles. The number of aliphatic hydroxyl groups excluding tert-OH is 1. The molecule has 124 valence electrons. The van der Waals surface area contributed by atoms with E-state index in [0.717, 1.165) is 25.2 Å². The Kier molecular flexibility index (Phi) is 8.63. The molecule has 1 heteroatoms. The minimum atomic E-state index is -0.165. The molecule has 1 aliphatic rings. The molecular formula is C20H38O. The van der Waals surface area contributed by atoms with E-state index in [1.807, 2.05) is 0 Å². The van der Waals surface area contributed by atoms with E-state index in [9.17, 15) is 5.11 Å². The number of hydrogen-bond acceptors (Lipinski definition) is 1. The summed E-state index contributed by atoms with van der Waals surface area (Å²) in [6.45, 7) is 9.28. The maximum atomic E-state index is 10.3. The number of aliphatic hydroxyl groups is 1. The summed E-state index contributed by atoms with van der Waals surface area (Å²) >= 11 is 0. The molecule has 0 saturated heterocycles. The predicted molar refractivity (Wildman–Crippen MR) is 93.5 cm³/mol. The first-order valence-corrected chi connectivity index (χ1v) is 9.32. The van der Waals surface area contributed by atoms with Gasteiger partial charge in [-0.15, -0.1) is 0 Å². The summed E-state index contributed by atoms with van der Waals surface area (Å²) in [4.78, 5) is 0. The molecule has 0 fully saturated rings. The van der Waals surface area contributed by atoms with Crippen LogP contribution in [0.4, 0.5) is 0 Å². The standard InChI is InChI=1S/C20H38O/c1-5-6-7-8-9-10-11-12-19(21)17-13-15-18(16-14-17)20(2,3)4/h13,18-19,21H,5-12,14-16H2,1-4H3. The smallest absolute Gasteiger partial charge is 0.0750 e. The first-order chi connectivity index (χ1) is 9.95. The SMILES string of the molecule is CCCCCCCCCC(O)C1=CCC(C(C)(C)C)CC1. The fourth-order valence-corrected chi connectivity index (χ4v) is 3.42. The normalized spacial score (nSPS) is 21.2. The maximum absolute atomic E-state index is 10.3. The molecule has 0 amide bonds. The lowest BCUT2D eigenvalue weighted by atomic mass is 9.72. The van der Waals surface area contributed by atoms with Crippen LogP contribution in [0.1, 0.15) is 98.3 Å². The quantitative estimate of drug-likeness (QED) is 0.393. The van der Waals surface area contributed by atoms with Gasteiger partial charge in [-0.3, -0.25) is 0 Å². The van der Waals surface area contributed by atoms with Gasteiger partial charge in [-0.05, 0) is 42.6 Å². The molecule has 0 heterocycles. The van der Waals surface area contributed by atoms with E-state index >= 15 is 0 Å². The van der Waals surface area contributed by atoms with E-state index in [4.69, 9.17) is 0 Å². The number of unbranched alkanes of at least 4 members (excludes halogenated alkanes) is 6. The van der Waals surface area contributed by atoms with E-state index in [1.165, 1.54) is 56.9 Å². The maximum Gasteiger partial charge on any atom is 0.0750 e. The largest absolute Gasteiger partial charge is 0.389 e. The zero-order valence-electron chi connectivity index (χ0n) is 15.0. The Labute approximate surface area is 133 Å². The minimum absolute atomic E-state index is 0.165. The topological polar surface area (TPSA) is 20.2 Å². The van der Waals surface area contributed by atoms with Gasteiger partial charge in [0.2, 0.25) is 0 Å². The van der Waals surface area contributed by atoms with Gasteiger partial charge in [-0.1, -0.05) is 78.7 Å². The second kappa shape index (κ2) is 9.66. The van der Waals surface area contributed by atoms with Crippen molar-refractivity contribution < 1.29 is 5.11 Å². The molecule has 0 aromatic rings. The Bertz CT molecular complexity index is 297. The first-order valence-electron chi connectivity index (χ1n) is 9.32. The van der Waals surface area contributed by atoms with Crippen molar-refractivity contribution in [3.63, 3.8) is 0 Å². The summed E-state index contributed by atoms with van der Waals surface area (Å²) in [7, 11) is 0. The van der Waals surface area contributed by atoms with Gasteiger partial charge in [0.1, 0.15) is 0 Å². The summed E-state index contributed by atoms with van der Waals surface area (Å²) < 4.78 is 0. The van der Waals surface area contributed by atoms with Gasteiger partial charge in [-0.2, -0.15) is 0 Å². The third kappa shape index (κ3) is 7.49. The van der Waals surface area contributed by atoms with Gasteiger partial charge >= 0.3 is 0 Å². The van der Waals surface area contributed by atoms with Crippen molar-refractivity contribution in [3.8, 4) is 0 Å². The van der Waals surface area contributed by atoms with Gasteiger partial charge in [0.25, 0.3) is 0 Å². The number of rotatable bonds is 9. The zero-order chi connectivity index (χ0) is 15.7. The second-order valence-electron chi connectivity index (χ2n) is 8.04. The third-order valence-corrected chi connectivity index (χ3v) is 5.18. The molecule has 0 aromatic carbocycles. The van der Waals surface area contributed by atoms with Crippen LogP contribution in [0.15, 0.2) is 11.6 Å². The van der Waals surface area contributed by atoms with Gasteiger partial charge in [0.15, 0.2) is 0 Å². The van der Waals surface area contributed by atoms with Crippen LogP contribution in [-0.2, 0) is 0 Å². The predicted octanol–water partition coefficient (Wildman–Crippen LogP) is 6.26. The van der Waals surface area contributed by atoms with E-state index in [1.54, 1.807) is 0 Å². The van der Waals surface area contributed by atoms with Crippen molar-refractivity contribution in [1.29, 1.82) is 0 Å². The lowest BCUT2D eigenvalue weighted by molar-refractivity contribution is 0.171. The fraction of sp³-hybridized carbons (Fsp3) is 0.900. The van der Waals surface area contributed by atoms with Crippen molar-refractivity contribution in [2.24, 2.45) is 11.3 Å². The van der Waals surface area contributed by atoms with Crippen molar-refractivity contribution in [1.82, 2.24) is 0 Å². The molecule has 1 nitrogen and oxygen atoms in total. The first kappa shape index (κ1) is 18.7. The molecule has 0 saturated carbocycles. The Morgan fingerprint density at radius 3 is 2.24 bits per heavy atom. The summed E-state index contributed by atoms with van der Waals surface area (Å²) in [5.74, 6) is 0.784. The summed E-state index contributed by atoms with van der Waals surface area (Å²) in [5, 5.41) is 10.3. The molecule has 1 rings (SSSR count). The van der Waals surface area contributed by atoms with E-state index < -0.39 is 0 Å². The van der Waals surface area contributed by atoms with Crippen LogP contribution in [-0.4, -0.2) is 11.2 Å². The average molecular weight is 295 g/mol. The lowest BCUT2D eigenvalue weighted by Gasteiger charge is -2.34. The molecule has 0 aliphatic heterocycles. The highest BCUT2D eigenvalue weighted by Gasteiger charge is 2.27. The van der Waals surface area contributed by atoms with Gasteiger partial charge in [-0.25, -0.2) is 0 Å². The molecule has 0 radical (unpaired) electrons. The Morgan fingerprint density at radius 1 is 1.10 bits per heavy atom. The highest BCUT2D eigenvalue weighted by molar-refractivity contribution is 5.12. The Balaban J connectivity index is 2.16. The number of allylic oxidation sites excluding steroid dienone is 1. The Morgan fingerprint density at radius 2 is 1.71 bits per heavy atom. The summed E-state index contributed by atoms with van der Waals surface area (Å²) in [6, 6.07) is 0. The van der Waals surface area contributed by atoms with Gasteiger partial charge in [0.05, 0.1) is 6.10 Å². The third-order valence-electron chi connectivity index (χ3n) is 5.18. The lowest BCUT2D eigenvalue weighted by Crippen LogP contribution is -2.24. The highest BCUT2D eigenvalue weighted by atomic mass is 16.3. The van der Waals surface area contributed by atoms with E-state index in [0.29, 0.717) is 5.41 Å². The van der Waals surface area contributed by atoms with Crippen molar-refractivity contribution in [2.45, 2.75) is 104 Å².